The van der Waals surface area contributed by atoms with Crippen LogP contribution in [0.2, 0.25) is 0 Å². The number of nitrogens with one attached hydrogen (secondary N) is 1. The zero-order valence-electron chi connectivity index (χ0n) is 17.2. The maximum absolute atomic E-state index is 12.9. The van der Waals surface area contributed by atoms with Gasteiger partial charge in [0, 0.05) is 25.7 Å². The van der Waals surface area contributed by atoms with Gasteiger partial charge in [-0.05, 0) is 43.5 Å². The SMILES string of the molecule is CCN(CC(=O)N[C@H]1CCS(=O)(=O)C1)S(=O)(=O)c1ccc(S(=O)(=O)N2CCCC2)cc1. The van der Waals surface area contributed by atoms with Crippen LogP contribution in [0.4, 0.5) is 0 Å². The molecular weight excluding hydrogens is 466 g/mol. The van der Waals surface area contributed by atoms with Gasteiger partial charge < -0.3 is 5.32 Å². The van der Waals surface area contributed by atoms with Crippen molar-refractivity contribution in [2.24, 2.45) is 0 Å². The van der Waals surface area contributed by atoms with E-state index in [1.165, 1.54) is 28.6 Å². The predicted molar refractivity (Wildman–Crippen MR) is 114 cm³/mol. The summed E-state index contributed by atoms with van der Waals surface area (Å²) in [5.74, 6) is -0.730. The van der Waals surface area contributed by atoms with E-state index in [1.807, 2.05) is 0 Å². The highest BCUT2D eigenvalue weighted by Crippen LogP contribution is 2.23. The molecule has 0 saturated carbocycles. The van der Waals surface area contributed by atoms with Crippen LogP contribution in [0.15, 0.2) is 34.1 Å². The van der Waals surface area contributed by atoms with Gasteiger partial charge in [0.05, 0.1) is 27.8 Å². The highest BCUT2D eigenvalue weighted by molar-refractivity contribution is 7.91. The molecular formula is C18H27N3O7S3. The van der Waals surface area contributed by atoms with Crippen molar-refractivity contribution in [3.63, 3.8) is 0 Å². The van der Waals surface area contributed by atoms with Crippen molar-refractivity contribution in [2.45, 2.75) is 42.0 Å². The third kappa shape index (κ3) is 5.45. The molecule has 0 aromatic heterocycles. The average molecular weight is 494 g/mol. The van der Waals surface area contributed by atoms with Gasteiger partial charge in [-0.15, -0.1) is 0 Å². The molecule has 1 atom stereocenters. The Bertz CT molecular complexity index is 1120. The molecule has 1 N–H and O–H groups in total. The largest absolute Gasteiger partial charge is 0.351 e. The fourth-order valence-electron chi connectivity index (χ4n) is 3.72. The number of sulfone groups is 1. The van der Waals surface area contributed by atoms with Crippen LogP contribution in [0.25, 0.3) is 0 Å². The topological polar surface area (TPSA) is 138 Å². The van der Waals surface area contributed by atoms with Crippen LogP contribution in [0.3, 0.4) is 0 Å². The fourth-order valence-corrected chi connectivity index (χ4v) is 8.31. The van der Waals surface area contributed by atoms with Gasteiger partial charge in [0.2, 0.25) is 26.0 Å². The molecule has 3 rings (SSSR count). The molecule has 13 heteroatoms. The molecule has 10 nitrogen and oxygen atoms in total. The molecule has 2 aliphatic rings. The Morgan fingerprint density at radius 3 is 2.19 bits per heavy atom. The Labute approximate surface area is 183 Å². The van der Waals surface area contributed by atoms with E-state index in [9.17, 15) is 30.0 Å². The van der Waals surface area contributed by atoms with Crippen LogP contribution in [-0.4, -0.2) is 83.5 Å². The number of benzene rings is 1. The van der Waals surface area contributed by atoms with E-state index >= 15 is 0 Å². The number of rotatable bonds is 8. The average Bonchev–Trinajstić information content (AvgIpc) is 3.36. The highest BCUT2D eigenvalue weighted by Gasteiger charge is 2.32. The Morgan fingerprint density at radius 2 is 1.68 bits per heavy atom. The number of hydrogen-bond donors (Lipinski definition) is 1. The highest BCUT2D eigenvalue weighted by atomic mass is 32.2. The van der Waals surface area contributed by atoms with Crippen molar-refractivity contribution < 1.29 is 30.0 Å². The standard InChI is InChI=1S/C18H27N3O7S3/c1-2-20(13-18(22)19-15-9-12-29(23,24)14-15)30(25,26)16-5-7-17(8-6-16)31(27,28)21-10-3-4-11-21/h5-8,15H,2-4,9-14H2,1H3,(H,19,22)/t15-/m0/s1. The van der Waals surface area contributed by atoms with Gasteiger partial charge in [0.25, 0.3) is 0 Å². The number of likely N-dealkylation sites (N-methyl/N-ethyl adjacent to an activating group) is 1. The van der Waals surface area contributed by atoms with Gasteiger partial charge in [-0.3, -0.25) is 4.79 Å². The van der Waals surface area contributed by atoms with Crippen LogP contribution in [-0.2, 0) is 34.7 Å². The monoisotopic (exact) mass is 493 g/mol. The quantitative estimate of drug-likeness (QED) is 0.529. The van der Waals surface area contributed by atoms with Gasteiger partial charge >= 0.3 is 0 Å². The van der Waals surface area contributed by atoms with Crippen LogP contribution in [0.5, 0.6) is 0 Å². The second kappa shape index (κ2) is 9.14. The van der Waals surface area contributed by atoms with Crippen molar-refractivity contribution in [2.75, 3.05) is 37.7 Å². The molecule has 2 saturated heterocycles. The number of hydrogen-bond acceptors (Lipinski definition) is 7. The van der Waals surface area contributed by atoms with E-state index in [1.54, 1.807) is 6.92 Å². The molecule has 0 radical (unpaired) electrons. The third-order valence-corrected chi connectivity index (χ3v) is 11.1. The first-order valence-corrected chi connectivity index (χ1v) is 14.8. The van der Waals surface area contributed by atoms with Gasteiger partial charge in [0.15, 0.2) is 9.84 Å². The summed E-state index contributed by atoms with van der Waals surface area (Å²) >= 11 is 0. The van der Waals surface area contributed by atoms with Crippen molar-refractivity contribution in [3.05, 3.63) is 24.3 Å². The second-order valence-corrected chi connectivity index (χ2v) is 13.8. The van der Waals surface area contributed by atoms with Crippen molar-refractivity contribution in [3.8, 4) is 0 Å². The first kappa shape index (κ1) is 24.1. The minimum atomic E-state index is -4.04. The van der Waals surface area contributed by atoms with Gasteiger partial charge in [0.1, 0.15) is 0 Å². The van der Waals surface area contributed by atoms with Crippen LogP contribution < -0.4 is 5.32 Å². The van der Waals surface area contributed by atoms with E-state index in [0.29, 0.717) is 19.5 Å². The lowest BCUT2D eigenvalue weighted by Crippen LogP contribution is -2.44. The number of carbonyl (C=O) groups excluding carboxylic acids is 1. The molecule has 2 aliphatic heterocycles. The smallest absolute Gasteiger partial charge is 0.243 e. The molecule has 2 heterocycles. The Balaban J connectivity index is 1.70. The molecule has 0 spiro atoms. The molecule has 2 fully saturated rings. The molecule has 0 unspecified atom stereocenters. The van der Waals surface area contributed by atoms with E-state index in [-0.39, 0.29) is 27.8 Å². The van der Waals surface area contributed by atoms with Crippen LogP contribution >= 0.6 is 0 Å². The van der Waals surface area contributed by atoms with Gasteiger partial charge in [-0.25, -0.2) is 25.3 Å². The minimum absolute atomic E-state index is 0.000419. The number of nitrogens with zero attached hydrogens (tertiary/aromatic N) is 2. The second-order valence-electron chi connectivity index (χ2n) is 7.68. The summed E-state index contributed by atoms with van der Waals surface area (Å²) in [5.41, 5.74) is 0. The molecule has 31 heavy (non-hydrogen) atoms. The van der Waals surface area contributed by atoms with Crippen LogP contribution in [0, 0.1) is 0 Å². The maximum atomic E-state index is 12.9. The van der Waals surface area contributed by atoms with Gasteiger partial charge in [-0.2, -0.15) is 8.61 Å². The first-order valence-electron chi connectivity index (χ1n) is 10.1. The fraction of sp³-hybridized carbons (Fsp3) is 0.611. The van der Waals surface area contributed by atoms with Crippen molar-refractivity contribution >= 4 is 35.8 Å². The summed E-state index contributed by atoms with van der Waals surface area (Å²) in [4.78, 5) is 12.2. The Morgan fingerprint density at radius 1 is 1.10 bits per heavy atom. The maximum Gasteiger partial charge on any atom is 0.243 e. The van der Waals surface area contributed by atoms with E-state index < -0.39 is 48.4 Å². The zero-order chi connectivity index (χ0) is 22.9. The lowest BCUT2D eigenvalue weighted by molar-refractivity contribution is -0.121. The van der Waals surface area contributed by atoms with Crippen molar-refractivity contribution in [1.29, 1.82) is 0 Å². The molecule has 1 aromatic rings. The molecule has 0 aliphatic carbocycles. The predicted octanol–water partition coefficient (Wildman–Crippen LogP) is -0.215. The van der Waals surface area contributed by atoms with Gasteiger partial charge in [-0.1, -0.05) is 6.92 Å². The number of sulfonamides is 2. The van der Waals surface area contributed by atoms with Crippen LogP contribution in [0.1, 0.15) is 26.2 Å². The Kier molecular flexibility index (Phi) is 7.11. The zero-order valence-corrected chi connectivity index (χ0v) is 19.7. The molecule has 1 aromatic carbocycles. The van der Waals surface area contributed by atoms with Crippen molar-refractivity contribution in [1.82, 2.24) is 13.9 Å². The number of carbonyl (C=O) groups is 1. The number of amides is 1. The lowest BCUT2D eigenvalue weighted by Gasteiger charge is -2.21. The third-order valence-electron chi connectivity index (χ3n) is 5.43. The summed E-state index contributed by atoms with van der Waals surface area (Å²) in [6.07, 6.45) is 1.90. The molecule has 0 bridgehead atoms. The first-order chi connectivity index (χ1) is 14.5. The summed E-state index contributed by atoms with van der Waals surface area (Å²) in [5, 5.41) is 2.57. The van der Waals surface area contributed by atoms with E-state index in [2.05, 4.69) is 5.32 Å². The summed E-state index contributed by atoms with van der Waals surface area (Å²) in [7, 11) is -10.9. The molecule has 174 valence electrons. The minimum Gasteiger partial charge on any atom is -0.351 e. The van der Waals surface area contributed by atoms with E-state index in [0.717, 1.165) is 17.1 Å². The summed E-state index contributed by atoms with van der Waals surface area (Å²) in [6.45, 7) is 2.04. The Hall–Kier alpha value is -1.54. The normalized spacial score (nSPS) is 22.1. The lowest BCUT2D eigenvalue weighted by atomic mass is 10.2. The summed E-state index contributed by atoms with van der Waals surface area (Å²) in [6, 6.07) is 4.45. The summed E-state index contributed by atoms with van der Waals surface area (Å²) < 4.78 is 76.5. The van der Waals surface area contributed by atoms with E-state index in [4.69, 9.17) is 0 Å². The molecule has 1 amide bonds.